The Morgan fingerprint density at radius 3 is 2.66 bits per heavy atom. The summed E-state index contributed by atoms with van der Waals surface area (Å²) >= 11 is 1.34. The van der Waals surface area contributed by atoms with Crippen molar-refractivity contribution in [3.8, 4) is 5.75 Å². The van der Waals surface area contributed by atoms with Gasteiger partial charge in [0.15, 0.2) is 29.2 Å². The molecule has 6 rings (SSSR count). The summed E-state index contributed by atoms with van der Waals surface area (Å²) in [6.07, 6.45) is 0.155. The van der Waals surface area contributed by atoms with E-state index >= 15 is 4.39 Å². The van der Waals surface area contributed by atoms with Crippen LogP contribution in [0.15, 0.2) is 58.4 Å². The topological polar surface area (TPSA) is 94.9 Å². The zero-order chi connectivity index (χ0) is 24.4. The molecule has 0 spiro atoms. The molecule has 2 aromatic carbocycles. The fraction of sp³-hybridized carbons (Fsp3) is 0.208. The molecule has 2 atom stereocenters. The third-order valence-electron chi connectivity index (χ3n) is 6.58. The Balaban J connectivity index is 1.70. The Morgan fingerprint density at radius 1 is 1.03 bits per heavy atom. The number of aromatic hydroxyl groups is 1. The summed E-state index contributed by atoms with van der Waals surface area (Å²) in [5.41, 5.74) is 0.233. The summed E-state index contributed by atoms with van der Waals surface area (Å²) in [4.78, 5) is 40.9. The predicted molar refractivity (Wildman–Crippen MR) is 123 cm³/mol. The van der Waals surface area contributed by atoms with E-state index in [1.807, 2.05) is 18.2 Å². The molecule has 0 saturated carbocycles. The Bertz CT molecular complexity index is 1480. The van der Waals surface area contributed by atoms with Gasteiger partial charge in [-0.3, -0.25) is 24.1 Å². The quantitative estimate of drug-likeness (QED) is 0.536. The van der Waals surface area contributed by atoms with Crippen LogP contribution in [0.25, 0.3) is 0 Å². The summed E-state index contributed by atoms with van der Waals surface area (Å²) in [7, 11) is 0. The molecular formula is C24H18F2N4O4S. The zero-order valence-electron chi connectivity index (χ0n) is 18.1. The summed E-state index contributed by atoms with van der Waals surface area (Å²) in [5, 5.41) is 14.9. The Kier molecular flexibility index (Phi) is 4.85. The molecule has 1 unspecified atom stereocenters. The second-order valence-electron chi connectivity index (χ2n) is 8.42. The number of carbonyl (C=O) groups excluding carboxylic acids is 2. The lowest BCUT2D eigenvalue weighted by Gasteiger charge is -2.50. The van der Waals surface area contributed by atoms with Gasteiger partial charge in [-0.05, 0) is 23.3 Å². The van der Waals surface area contributed by atoms with Crippen LogP contribution in [0.5, 0.6) is 5.75 Å². The molecule has 4 heterocycles. The Morgan fingerprint density at radius 2 is 1.83 bits per heavy atom. The second kappa shape index (κ2) is 7.84. The van der Waals surface area contributed by atoms with E-state index in [0.29, 0.717) is 11.1 Å². The first-order valence-electron chi connectivity index (χ1n) is 10.9. The minimum absolute atomic E-state index is 0.141. The van der Waals surface area contributed by atoms with Crippen LogP contribution in [0.3, 0.4) is 0 Å². The van der Waals surface area contributed by atoms with Gasteiger partial charge in [0.2, 0.25) is 5.43 Å². The minimum Gasteiger partial charge on any atom is -0.502 e. The van der Waals surface area contributed by atoms with Gasteiger partial charge in [0.1, 0.15) is 0 Å². The van der Waals surface area contributed by atoms with E-state index in [1.54, 1.807) is 11.1 Å². The van der Waals surface area contributed by atoms with Crippen LogP contribution in [-0.4, -0.2) is 45.8 Å². The van der Waals surface area contributed by atoms with Gasteiger partial charge >= 0.3 is 0 Å². The molecule has 3 aliphatic heterocycles. The summed E-state index contributed by atoms with van der Waals surface area (Å²) in [6, 6.07) is 10.1. The number of pyridine rings is 1. The monoisotopic (exact) mass is 496 g/mol. The number of nitrogens with one attached hydrogen (secondary N) is 1. The molecule has 3 aromatic rings. The normalized spacial score (nSPS) is 20.9. The molecule has 0 radical (unpaired) electrons. The number of amides is 2. The van der Waals surface area contributed by atoms with E-state index in [0.717, 1.165) is 17.0 Å². The first kappa shape index (κ1) is 21.7. The maximum absolute atomic E-state index is 15.1. The smallest absolute Gasteiger partial charge is 0.278 e. The second-order valence-corrected chi connectivity index (χ2v) is 9.44. The van der Waals surface area contributed by atoms with Crippen molar-refractivity contribution in [3.63, 3.8) is 0 Å². The predicted octanol–water partition coefficient (Wildman–Crippen LogP) is 2.08. The maximum atomic E-state index is 15.1. The third-order valence-corrected chi connectivity index (χ3v) is 7.69. The van der Waals surface area contributed by atoms with Crippen LogP contribution in [0.4, 0.5) is 8.78 Å². The Hall–Kier alpha value is -3.86. The van der Waals surface area contributed by atoms with E-state index in [2.05, 4.69) is 5.32 Å². The van der Waals surface area contributed by atoms with Crippen molar-refractivity contribution in [1.82, 2.24) is 14.9 Å². The molecule has 1 aromatic heterocycles. The van der Waals surface area contributed by atoms with E-state index in [9.17, 15) is 23.9 Å². The number of benzene rings is 2. The average molecular weight is 496 g/mol. The average Bonchev–Trinajstić information content (AvgIpc) is 3.02. The number of hydrogen-bond acceptors (Lipinski definition) is 6. The van der Waals surface area contributed by atoms with Crippen LogP contribution in [-0.2, 0) is 10.5 Å². The van der Waals surface area contributed by atoms with Crippen molar-refractivity contribution >= 4 is 23.6 Å². The highest BCUT2D eigenvalue weighted by atomic mass is 32.2. The van der Waals surface area contributed by atoms with Gasteiger partial charge in [-0.25, -0.2) is 8.78 Å². The highest BCUT2D eigenvalue weighted by molar-refractivity contribution is 7.98. The molecule has 1 fully saturated rings. The lowest BCUT2D eigenvalue weighted by Crippen LogP contribution is -2.70. The van der Waals surface area contributed by atoms with E-state index < -0.39 is 46.8 Å². The van der Waals surface area contributed by atoms with Gasteiger partial charge in [0.25, 0.3) is 11.8 Å². The third kappa shape index (κ3) is 3.07. The number of hydrogen-bond donors (Lipinski definition) is 2. The van der Waals surface area contributed by atoms with E-state index in [4.69, 9.17) is 0 Å². The molecule has 3 aliphatic rings. The van der Waals surface area contributed by atoms with E-state index in [-0.39, 0.29) is 30.1 Å². The molecule has 11 heteroatoms. The molecule has 2 amide bonds. The molecule has 35 heavy (non-hydrogen) atoms. The SMILES string of the molecule is O=C1NCCN2C(=O)c3c(O)c(=O)ccn3N([C@@H]3c4ccccc4SCc4c3ccc(F)c4F)C12. The highest BCUT2D eigenvalue weighted by Gasteiger charge is 2.49. The fourth-order valence-electron chi connectivity index (χ4n) is 5.01. The molecule has 2 N–H and O–H groups in total. The van der Waals surface area contributed by atoms with Gasteiger partial charge in [-0.2, -0.15) is 0 Å². The van der Waals surface area contributed by atoms with Crippen LogP contribution in [0.2, 0.25) is 0 Å². The summed E-state index contributed by atoms with van der Waals surface area (Å²) in [6.45, 7) is 0.336. The van der Waals surface area contributed by atoms with Gasteiger partial charge in [0, 0.05) is 41.6 Å². The van der Waals surface area contributed by atoms with Gasteiger partial charge in [-0.1, -0.05) is 24.3 Å². The fourth-order valence-corrected chi connectivity index (χ4v) is 6.12. The van der Waals surface area contributed by atoms with Gasteiger partial charge in [0.05, 0.1) is 6.04 Å². The first-order valence-corrected chi connectivity index (χ1v) is 11.9. The standard InChI is InChI=1S/C24H18F2N4O4S/c25-15-6-5-12-14(18(15)26)11-35-17-4-2-1-3-13(17)19(12)30-23-22(33)27-8-10-28(23)24(34)20-21(32)16(31)7-9-29(20)30/h1-7,9,19,23,32H,8,10-11H2,(H,27,33)/t19-,23?/m0/s1. The number of aromatic nitrogens is 1. The number of fused-ring (bicyclic) bond motifs is 4. The molecule has 1 saturated heterocycles. The number of halogens is 2. The summed E-state index contributed by atoms with van der Waals surface area (Å²) < 4.78 is 30.6. The van der Waals surface area contributed by atoms with Crippen molar-refractivity contribution in [2.45, 2.75) is 22.9 Å². The van der Waals surface area contributed by atoms with Crippen molar-refractivity contribution < 1.29 is 23.5 Å². The number of thioether (sulfide) groups is 1. The van der Waals surface area contributed by atoms with Crippen LogP contribution >= 0.6 is 11.8 Å². The molecular weight excluding hydrogens is 478 g/mol. The highest BCUT2D eigenvalue weighted by Crippen LogP contribution is 2.45. The number of rotatable bonds is 1. The van der Waals surface area contributed by atoms with Crippen molar-refractivity contribution in [2.24, 2.45) is 0 Å². The number of nitrogens with zero attached hydrogens (tertiary/aromatic N) is 3. The molecule has 0 aliphatic carbocycles. The Labute approximate surface area is 201 Å². The zero-order valence-corrected chi connectivity index (χ0v) is 18.9. The minimum atomic E-state index is -1.16. The van der Waals surface area contributed by atoms with Gasteiger partial charge in [-0.15, -0.1) is 11.8 Å². The van der Waals surface area contributed by atoms with Crippen LogP contribution in [0, 0.1) is 11.6 Å². The summed E-state index contributed by atoms with van der Waals surface area (Å²) in [5.74, 6) is -3.68. The van der Waals surface area contributed by atoms with Crippen molar-refractivity contribution in [3.05, 3.63) is 92.9 Å². The number of carbonyl (C=O) groups is 2. The lowest BCUT2D eigenvalue weighted by molar-refractivity contribution is -0.129. The lowest BCUT2D eigenvalue weighted by atomic mass is 9.93. The molecule has 8 nitrogen and oxygen atoms in total. The first-order chi connectivity index (χ1) is 16.9. The maximum Gasteiger partial charge on any atom is 0.278 e. The van der Waals surface area contributed by atoms with Gasteiger partial charge < -0.3 is 15.3 Å². The van der Waals surface area contributed by atoms with Crippen molar-refractivity contribution in [1.29, 1.82) is 0 Å². The van der Waals surface area contributed by atoms with E-state index in [1.165, 1.54) is 33.6 Å². The van der Waals surface area contributed by atoms with Crippen molar-refractivity contribution in [2.75, 3.05) is 18.1 Å². The number of piperazine rings is 1. The van der Waals surface area contributed by atoms with Crippen LogP contribution < -0.4 is 15.8 Å². The molecule has 178 valence electrons. The molecule has 0 bridgehead atoms. The van der Waals surface area contributed by atoms with Crippen LogP contribution in [0.1, 0.15) is 33.2 Å². The largest absolute Gasteiger partial charge is 0.502 e.